The zero-order valence-electron chi connectivity index (χ0n) is 18.7. The number of aromatic nitrogens is 2. The molecule has 0 bridgehead atoms. The van der Waals surface area contributed by atoms with Crippen LogP contribution in [0.2, 0.25) is 0 Å². The van der Waals surface area contributed by atoms with Gasteiger partial charge in [-0.05, 0) is 55.8 Å². The van der Waals surface area contributed by atoms with Crippen molar-refractivity contribution in [2.24, 2.45) is 0 Å². The number of anilines is 1. The minimum Gasteiger partial charge on any atom is -0.339 e. The molecular weight excluding hydrogens is 431 g/mol. The van der Waals surface area contributed by atoms with Gasteiger partial charge in [0.05, 0.1) is 11.4 Å². The van der Waals surface area contributed by atoms with Crippen LogP contribution >= 0.6 is 0 Å². The molecule has 2 N–H and O–H groups in total. The van der Waals surface area contributed by atoms with Crippen LogP contribution in [0, 0.1) is 19.7 Å². The van der Waals surface area contributed by atoms with Crippen LogP contribution in [0.15, 0.2) is 78.9 Å². The zero-order chi connectivity index (χ0) is 23.8. The summed E-state index contributed by atoms with van der Waals surface area (Å²) in [6.45, 7) is 3.85. The van der Waals surface area contributed by atoms with E-state index in [2.05, 4.69) is 10.6 Å². The fourth-order valence-corrected chi connectivity index (χ4v) is 4.44. The average molecular weight is 455 g/mol. The maximum Gasteiger partial charge on any atom is 0.251 e. The molecule has 0 fully saturated rings. The second-order valence-electron chi connectivity index (χ2n) is 8.43. The predicted molar refractivity (Wildman–Crippen MR) is 128 cm³/mol. The summed E-state index contributed by atoms with van der Waals surface area (Å²) in [5.74, 6) is -1.28. The van der Waals surface area contributed by atoms with E-state index in [1.165, 1.54) is 12.1 Å². The first-order chi connectivity index (χ1) is 16.4. The molecule has 3 aromatic carbocycles. The smallest absolute Gasteiger partial charge is 0.251 e. The molecule has 0 aliphatic carbocycles. The standard InChI is InChI=1S/C27H23FN4O2/c1-16-11-13-21(14-12-16)32-25-22(17(2)31-32)23(19-9-6-10-20(28)15-19)24(27(34)30-25)29-26(33)18-7-4-3-5-8-18/h3-15,23-24H,1-2H3,(H,29,33)(H,30,34)/t23-,24+/m1/s1. The molecule has 6 nitrogen and oxygen atoms in total. The highest BCUT2D eigenvalue weighted by Gasteiger charge is 2.42. The van der Waals surface area contributed by atoms with Crippen LogP contribution in [0.4, 0.5) is 10.2 Å². The molecule has 0 saturated carbocycles. The molecular formula is C27H23FN4O2. The molecule has 0 unspecified atom stereocenters. The van der Waals surface area contributed by atoms with E-state index in [0.717, 1.165) is 16.8 Å². The maximum atomic E-state index is 14.2. The quantitative estimate of drug-likeness (QED) is 0.476. The lowest BCUT2D eigenvalue weighted by molar-refractivity contribution is -0.118. The second kappa shape index (κ2) is 8.59. The third kappa shape index (κ3) is 3.85. The number of benzene rings is 3. The molecule has 0 saturated heterocycles. The van der Waals surface area contributed by atoms with Crippen molar-refractivity contribution in [2.45, 2.75) is 25.8 Å². The number of hydrogen-bond acceptors (Lipinski definition) is 3. The second-order valence-corrected chi connectivity index (χ2v) is 8.43. The summed E-state index contributed by atoms with van der Waals surface area (Å²) in [6, 6.07) is 21.7. The molecule has 7 heteroatoms. The lowest BCUT2D eigenvalue weighted by Crippen LogP contribution is -2.50. The van der Waals surface area contributed by atoms with Gasteiger partial charge >= 0.3 is 0 Å². The monoisotopic (exact) mass is 454 g/mol. The Morgan fingerprint density at radius 2 is 1.74 bits per heavy atom. The van der Waals surface area contributed by atoms with Gasteiger partial charge in [-0.3, -0.25) is 9.59 Å². The van der Waals surface area contributed by atoms with Crippen molar-refractivity contribution in [3.05, 3.63) is 113 Å². The third-order valence-corrected chi connectivity index (χ3v) is 6.08. The molecule has 2 heterocycles. The highest BCUT2D eigenvalue weighted by atomic mass is 19.1. The summed E-state index contributed by atoms with van der Waals surface area (Å²) < 4.78 is 15.9. The summed E-state index contributed by atoms with van der Waals surface area (Å²) in [7, 11) is 0. The van der Waals surface area contributed by atoms with Crippen molar-refractivity contribution in [1.82, 2.24) is 15.1 Å². The van der Waals surface area contributed by atoms with Crippen molar-refractivity contribution in [3.8, 4) is 5.69 Å². The van der Waals surface area contributed by atoms with E-state index in [9.17, 15) is 14.0 Å². The van der Waals surface area contributed by atoms with Crippen molar-refractivity contribution in [2.75, 3.05) is 5.32 Å². The molecule has 170 valence electrons. The van der Waals surface area contributed by atoms with E-state index in [0.29, 0.717) is 22.6 Å². The average Bonchev–Trinajstić information content (AvgIpc) is 3.16. The largest absolute Gasteiger partial charge is 0.339 e. The van der Waals surface area contributed by atoms with E-state index < -0.39 is 17.8 Å². The Hall–Kier alpha value is -4.26. The minimum absolute atomic E-state index is 0.380. The van der Waals surface area contributed by atoms with E-state index in [1.54, 1.807) is 41.1 Å². The molecule has 2 amide bonds. The number of carbonyl (C=O) groups excluding carboxylic acids is 2. The van der Waals surface area contributed by atoms with E-state index in [4.69, 9.17) is 5.10 Å². The van der Waals surface area contributed by atoms with Gasteiger partial charge in [-0.15, -0.1) is 0 Å². The summed E-state index contributed by atoms with van der Waals surface area (Å²) >= 11 is 0. The van der Waals surface area contributed by atoms with Gasteiger partial charge in [0.15, 0.2) is 0 Å². The van der Waals surface area contributed by atoms with Gasteiger partial charge in [-0.1, -0.05) is 48.0 Å². The Bertz CT molecular complexity index is 1380. The molecule has 1 aliphatic heterocycles. The normalized spacial score (nSPS) is 17.1. The SMILES string of the molecule is Cc1ccc(-n2nc(C)c3c2NC(=O)[C@@H](NC(=O)c2ccccc2)[C@@H]3c2cccc(F)c2)cc1. The highest BCUT2D eigenvalue weighted by molar-refractivity contribution is 6.04. The van der Waals surface area contributed by atoms with Crippen LogP contribution in [0.5, 0.6) is 0 Å². The molecule has 5 rings (SSSR count). The Labute approximate surface area is 196 Å². The summed E-state index contributed by atoms with van der Waals surface area (Å²) in [6.07, 6.45) is 0. The molecule has 2 atom stereocenters. The molecule has 34 heavy (non-hydrogen) atoms. The van der Waals surface area contributed by atoms with Crippen molar-refractivity contribution >= 4 is 17.6 Å². The fraction of sp³-hybridized carbons (Fsp3) is 0.148. The van der Waals surface area contributed by atoms with Crippen molar-refractivity contribution in [1.29, 1.82) is 0 Å². The van der Waals surface area contributed by atoms with Crippen LogP contribution < -0.4 is 10.6 Å². The Balaban J connectivity index is 1.63. The predicted octanol–water partition coefficient (Wildman–Crippen LogP) is 4.51. The summed E-state index contributed by atoms with van der Waals surface area (Å²) in [5, 5.41) is 10.5. The number of halogens is 1. The first-order valence-corrected chi connectivity index (χ1v) is 11.0. The lowest BCUT2D eigenvalue weighted by Gasteiger charge is -2.32. The lowest BCUT2D eigenvalue weighted by atomic mass is 9.81. The number of amides is 2. The fourth-order valence-electron chi connectivity index (χ4n) is 4.44. The van der Waals surface area contributed by atoms with Gasteiger partial charge < -0.3 is 10.6 Å². The van der Waals surface area contributed by atoms with Crippen molar-refractivity contribution < 1.29 is 14.0 Å². The summed E-state index contributed by atoms with van der Waals surface area (Å²) in [4.78, 5) is 26.4. The van der Waals surface area contributed by atoms with E-state index in [1.807, 2.05) is 44.2 Å². The summed E-state index contributed by atoms with van der Waals surface area (Å²) in [5.41, 5.74) is 4.34. The number of nitrogens with one attached hydrogen (secondary N) is 2. The van der Waals surface area contributed by atoms with Gasteiger partial charge in [0.2, 0.25) is 5.91 Å². The van der Waals surface area contributed by atoms with Gasteiger partial charge in [-0.25, -0.2) is 9.07 Å². The van der Waals surface area contributed by atoms with Crippen LogP contribution in [0.3, 0.4) is 0 Å². The third-order valence-electron chi connectivity index (χ3n) is 6.08. The number of carbonyl (C=O) groups is 2. The first kappa shape index (κ1) is 21.6. The molecule has 1 aromatic heterocycles. The highest BCUT2D eigenvalue weighted by Crippen LogP contribution is 2.40. The zero-order valence-corrected chi connectivity index (χ0v) is 18.7. The minimum atomic E-state index is -0.948. The molecule has 4 aromatic rings. The van der Waals surface area contributed by atoms with Crippen LogP contribution in [0.25, 0.3) is 5.69 Å². The first-order valence-electron chi connectivity index (χ1n) is 11.0. The number of nitrogens with zero attached hydrogens (tertiary/aromatic N) is 2. The number of fused-ring (bicyclic) bond motifs is 1. The molecule has 0 radical (unpaired) electrons. The van der Waals surface area contributed by atoms with Gasteiger partial charge in [0.1, 0.15) is 17.7 Å². The van der Waals surface area contributed by atoms with Crippen molar-refractivity contribution in [3.63, 3.8) is 0 Å². The Kier molecular flexibility index (Phi) is 5.45. The molecule has 1 aliphatic rings. The van der Waals surface area contributed by atoms with E-state index >= 15 is 0 Å². The number of rotatable bonds is 4. The van der Waals surface area contributed by atoms with Crippen LogP contribution in [-0.2, 0) is 4.79 Å². The maximum absolute atomic E-state index is 14.2. The topological polar surface area (TPSA) is 76.0 Å². The number of aryl methyl sites for hydroxylation is 2. The Morgan fingerprint density at radius 1 is 1.00 bits per heavy atom. The van der Waals surface area contributed by atoms with Gasteiger partial charge in [-0.2, -0.15) is 5.10 Å². The molecule has 0 spiro atoms. The van der Waals surface area contributed by atoms with Crippen LogP contribution in [-0.4, -0.2) is 27.6 Å². The van der Waals surface area contributed by atoms with Gasteiger partial charge in [0.25, 0.3) is 5.91 Å². The Morgan fingerprint density at radius 3 is 2.44 bits per heavy atom. The number of hydrogen-bond donors (Lipinski definition) is 2. The van der Waals surface area contributed by atoms with Crippen LogP contribution in [0.1, 0.15) is 38.7 Å². The van der Waals surface area contributed by atoms with E-state index in [-0.39, 0.29) is 11.8 Å². The van der Waals surface area contributed by atoms with Gasteiger partial charge in [0, 0.05) is 17.0 Å².